The van der Waals surface area contributed by atoms with E-state index < -0.39 is 0 Å². The van der Waals surface area contributed by atoms with Crippen LogP contribution in [0.1, 0.15) is 44.2 Å². The number of halogens is 1. The van der Waals surface area contributed by atoms with E-state index in [0.29, 0.717) is 5.92 Å². The van der Waals surface area contributed by atoms with Crippen molar-refractivity contribution in [2.45, 2.75) is 51.1 Å². The van der Waals surface area contributed by atoms with E-state index in [4.69, 9.17) is 17.3 Å². The van der Waals surface area contributed by atoms with Crippen molar-refractivity contribution in [3.05, 3.63) is 16.9 Å². The normalized spacial score (nSPS) is 27.2. The maximum Gasteiger partial charge on any atom is 0.0821 e. The van der Waals surface area contributed by atoms with Crippen LogP contribution < -0.4 is 5.73 Å². The second-order valence-corrected chi connectivity index (χ2v) is 6.67. The van der Waals surface area contributed by atoms with Crippen molar-refractivity contribution in [2.24, 2.45) is 11.7 Å². The number of hydrogen-bond donors (Lipinski definition) is 1. The highest BCUT2D eigenvalue weighted by Gasteiger charge is 2.32. The molecular weight excluding hydrogens is 272 g/mol. The maximum absolute atomic E-state index is 6.40. The van der Waals surface area contributed by atoms with Gasteiger partial charge in [-0.2, -0.15) is 5.10 Å². The second-order valence-electron chi connectivity index (χ2n) is 6.26. The summed E-state index contributed by atoms with van der Waals surface area (Å²) in [5.74, 6) is 1.12. The highest BCUT2D eigenvalue weighted by Crippen LogP contribution is 2.39. The van der Waals surface area contributed by atoms with E-state index in [9.17, 15) is 0 Å². The fourth-order valence-corrected chi connectivity index (χ4v) is 3.46. The predicted molar refractivity (Wildman–Crippen MR) is 84.1 cm³/mol. The summed E-state index contributed by atoms with van der Waals surface area (Å²) in [6.45, 7) is 4.10. The van der Waals surface area contributed by atoms with Gasteiger partial charge in [0.2, 0.25) is 0 Å². The third-order valence-corrected chi connectivity index (χ3v) is 4.82. The summed E-state index contributed by atoms with van der Waals surface area (Å²) in [5.41, 5.74) is 7.52. The smallest absolute Gasteiger partial charge is 0.0821 e. The van der Waals surface area contributed by atoms with Gasteiger partial charge in [-0.15, -0.1) is 0 Å². The monoisotopic (exact) mass is 298 g/mol. The first-order valence-corrected chi connectivity index (χ1v) is 8.02. The molecule has 0 spiro atoms. The number of nitrogens with two attached hydrogens (primary N) is 1. The van der Waals surface area contributed by atoms with Gasteiger partial charge in [0.15, 0.2) is 0 Å². The lowest BCUT2D eigenvalue weighted by molar-refractivity contribution is 0.269. The van der Waals surface area contributed by atoms with Crippen molar-refractivity contribution in [2.75, 3.05) is 20.6 Å². The zero-order valence-electron chi connectivity index (χ0n) is 12.8. The van der Waals surface area contributed by atoms with E-state index in [-0.39, 0.29) is 6.04 Å². The number of rotatable bonds is 5. The third-order valence-electron chi connectivity index (χ3n) is 4.53. The van der Waals surface area contributed by atoms with Gasteiger partial charge in [-0.1, -0.05) is 24.9 Å². The van der Waals surface area contributed by atoms with E-state index in [2.05, 4.69) is 35.7 Å². The van der Waals surface area contributed by atoms with Crippen LogP contribution in [-0.4, -0.2) is 41.4 Å². The molecule has 1 aliphatic carbocycles. The van der Waals surface area contributed by atoms with E-state index in [1.165, 1.54) is 12.8 Å². The minimum absolute atomic E-state index is 0.213. The van der Waals surface area contributed by atoms with E-state index in [1.54, 1.807) is 6.20 Å². The van der Waals surface area contributed by atoms with Crippen molar-refractivity contribution in [1.82, 2.24) is 14.7 Å². The summed E-state index contributed by atoms with van der Waals surface area (Å²) >= 11 is 6.40. The summed E-state index contributed by atoms with van der Waals surface area (Å²) in [4.78, 5) is 2.16. The minimum atomic E-state index is 0.213. The van der Waals surface area contributed by atoms with Gasteiger partial charge in [0.05, 0.1) is 23.5 Å². The molecule has 4 nitrogen and oxygen atoms in total. The van der Waals surface area contributed by atoms with Crippen LogP contribution in [0.5, 0.6) is 0 Å². The Labute approximate surface area is 127 Å². The quantitative estimate of drug-likeness (QED) is 0.909. The summed E-state index contributed by atoms with van der Waals surface area (Å²) < 4.78 is 2.06. The van der Waals surface area contributed by atoms with Crippen LogP contribution in [0.25, 0.3) is 0 Å². The Hall–Kier alpha value is -0.580. The Bertz CT molecular complexity index is 430. The molecule has 1 aromatic rings. The molecule has 0 aliphatic heterocycles. The Morgan fingerprint density at radius 2 is 2.20 bits per heavy atom. The van der Waals surface area contributed by atoms with Crippen molar-refractivity contribution in [1.29, 1.82) is 0 Å². The SMILES string of the molecule is CCC1CCC(N)C(c2c(Cl)cnn2CCN(C)C)C1. The van der Waals surface area contributed by atoms with Crippen LogP contribution in [0.3, 0.4) is 0 Å². The molecule has 1 heterocycles. The first kappa shape index (κ1) is 15.8. The number of aromatic nitrogens is 2. The van der Waals surface area contributed by atoms with Gasteiger partial charge in [0.1, 0.15) is 0 Å². The van der Waals surface area contributed by atoms with E-state index in [0.717, 1.165) is 42.6 Å². The highest BCUT2D eigenvalue weighted by molar-refractivity contribution is 6.31. The molecule has 3 atom stereocenters. The molecule has 0 saturated heterocycles. The van der Waals surface area contributed by atoms with Crippen LogP contribution >= 0.6 is 11.6 Å². The minimum Gasteiger partial charge on any atom is -0.327 e. The third kappa shape index (κ3) is 3.54. The first-order valence-electron chi connectivity index (χ1n) is 7.64. The zero-order chi connectivity index (χ0) is 14.7. The largest absolute Gasteiger partial charge is 0.327 e. The van der Waals surface area contributed by atoms with Crippen LogP contribution in [0.15, 0.2) is 6.20 Å². The molecule has 0 radical (unpaired) electrons. The van der Waals surface area contributed by atoms with Crippen molar-refractivity contribution in [3.8, 4) is 0 Å². The molecule has 0 aromatic carbocycles. The van der Waals surface area contributed by atoms with Crippen LogP contribution in [0, 0.1) is 5.92 Å². The fraction of sp³-hybridized carbons (Fsp3) is 0.800. The first-order chi connectivity index (χ1) is 9.52. The van der Waals surface area contributed by atoms with Crippen LogP contribution in [0.2, 0.25) is 5.02 Å². The molecule has 3 unspecified atom stereocenters. The number of hydrogen-bond acceptors (Lipinski definition) is 3. The highest BCUT2D eigenvalue weighted by atomic mass is 35.5. The lowest BCUT2D eigenvalue weighted by Crippen LogP contribution is -2.36. The van der Waals surface area contributed by atoms with Gasteiger partial charge < -0.3 is 10.6 Å². The maximum atomic E-state index is 6.40. The van der Waals surface area contributed by atoms with Gasteiger partial charge in [0, 0.05) is 18.5 Å². The molecule has 1 fully saturated rings. The molecule has 5 heteroatoms. The molecule has 0 bridgehead atoms. The molecule has 20 heavy (non-hydrogen) atoms. The average molecular weight is 299 g/mol. The summed E-state index contributed by atoms with van der Waals surface area (Å²) in [5, 5.41) is 5.23. The molecule has 1 aliphatic rings. The number of nitrogens with zero attached hydrogens (tertiary/aromatic N) is 3. The van der Waals surface area contributed by atoms with Crippen molar-refractivity contribution < 1.29 is 0 Å². The molecule has 1 aromatic heterocycles. The topological polar surface area (TPSA) is 47.1 Å². The van der Waals surface area contributed by atoms with Crippen LogP contribution in [0.4, 0.5) is 0 Å². The Balaban J connectivity index is 2.19. The van der Waals surface area contributed by atoms with Gasteiger partial charge >= 0.3 is 0 Å². The average Bonchev–Trinajstić information content (AvgIpc) is 2.78. The summed E-state index contributed by atoms with van der Waals surface area (Å²) in [6.07, 6.45) is 6.49. The zero-order valence-corrected chi connectivity index (χ0v) is 13.6. The predicted octanol–water partition coefficient (Wildman–Crippen LogP) is 2.72. The number of likely N-dealkylation sites (N-methyl/N-ethyl adjacent to an activating group) is 1. The Morgan fingerprint density at radius 3 is 2.85 bits per heavy atom. The van der Waals surface area contributed by atoms with Gasteiger partial charge in [-0.25, -0.2) is 0 Å². The fourth-order valence-electron chi connectivity index (χ4n) is 3.18. The molecule has 2 rings (SSSR count). The van der Waals surface area contributed by atoms with Gasteiger partial charge in [-0.05, 0) is 39.3 Å². The Kier molecular flexibility index (Phi) is 5.47. The molecule has 1 saturated carbocycles. The Morgan fingerprint density at radius 1 is 1.45 bits per heavy atom. The molecule has 2 N–H and O–H groups in total. The van der Waals surface area contributed by atoms with E-state index in [1.807, 2.05) is 0 Å². The van der Waals surface area contributed by atoms with E-state index >= 15 is 0 Å². The second kappa shape index (κ2) is 6.92. The van der Waals surface area contributed by atoms with Gasteiger partial charge in [0.25, 0.3) is 0 Å². The summed E-state index contributed by atoms with van der Waals surface area (Å²) in [7, 11) is 4.15. The standard InChI is InChI=1S/C15H27ClN4/c1-4-11-5-6-14(17)12(9-11)15-13(16)10-18-20(15)8-7-19(2)3/h10-12,14H,4-9,17H2,1-3H3. The molecule has 114 valence electrons. The lowest BCUT2D eigenvalue weighted by Gasteiger charge is -2.34. The van der Waals surface area contributed by atoms with Crippen molar-refractivity contribution in [3.63, 3.8) is 0 Å². The van der Waals surface area contributed by atoms with Crippen molar-refractivity contribution >= 4 is 11.6 Å². The van der Waals surface area contributed by atoms with Gasteiger partial charge in [-0.3, -0.25) is 4.68 Å². The van der Waals surface area contributed by atoms with Crippen LogP contribution in [-0.2, 0) is 6.54 Å². The summed E-state index contributed by atoms with van der Waals surface area (Å²) in [6, 6.07) is 0.213. The lowest BCUT2D eigenvalue weighted by atomic mass is 9.76. The molecular formula is C15H27ClN4. The molecule has 0 amide bonds.